The van der Waals surface area contributed by atoms with E-state index in [1.165, 1.54) is 27.2 Å². The smallest absolute Gasteiger partial charge is 0.143 e. The monoisotopic (exact) mass is 792 g/mol. The van der Waals surface area contributed by atoms with Crippen molar-refractivity contribution < 1.29 is 8.83 Å². The number of furan rings is 2. The van der Waals surface area contributed by atoms with E-state index in [1.54, 1.807) is 0 Å². The van der Waals surface area contributed by atoms with Crippen molar-refractivity contribution in [1.82, 2.24) is 4.57 Å². The number of rotatable bonds is 6. The van der Waals surface area contributed by atoms with Crippen LogP contribution in [0.4, 0.5) is 17.1 Å². The van der Waals surface area contributed by atoms with E-state index in [0.29, 0.717) is 0 Å². The average Bonchev–Trinajstić information content (AvgIpc) is 4.02. The molecule has 3 heterocycles. The van der Waals surface area contributed by atoms with Crippen molar-refractivity contribution in [2.45, 2.75) is 0 Å². The second-order valence-corrected chi connectivity index (χ2v) is 16.1. The molecule has 62 heavy (non-hydrogen) atoms. The van der Waals surface area contributed by atoms with Gasteiger partial charge in [-0.2, -0.15) is 0 Å². The van der Waals surface area contributed by atoms with Crippen LogP contribution in [0.25, 0.3) is 104 Å². The highest BCUT2D eigenvalue weighted by Crippen LogP contribution is 2.42. The minimum Gasteiger partial charge on any atom is -0.456 e. The number of benzene rings is 10. The predicted molar refractivity (Wildman–Crippen MR) is 258 cm³/mol. The lowest BCUT2D eigenvalue weighted by Gasteiger charge is -2.26. The van der Waals surface area contributed by atoms with E-state index in [0.717, 1.165) is 94.3 Å². The Morgan fingerprint density at radius 3 is 1.63 bits per heavy atom. The van der Waals surface area contributed by atoms with Gasteiger partial charge < -0.3 is 18.3 Å². The molecule has 4 heteroatoms. The Morgan fingerprint density at radius 1 is 0.339 bits per heavy atom. The summed E-state index contributed by atoms with van der Waals surface area (Å²) in [6.45, 7) is 0. The molecule has 0 fully saturated rings. The van der Waals surface area contributed by atoms with Gasteiger partial charge >= 0.3 is 0 Å². The number of fused-ring (bicyclic) bond motifs is 11. The van der Waals surface area contributed by atoms with Crippen LogP contribution in [-0.2, 0) is 0 Å². The van der Waals surface area contributed by atoms with Crippen LogP contribution in [0.5, 0.6) is 0 Å². The highest BCUT2D eigenvalue weighted by Gasteiger charge is 2.18. The number of aromatic nitrogens is 1. The first-order chi connectivity index (χ1) is 30.7. The van der Waals surface area contributed by atoms with Gasteiger partial charge in [-0.1, -0.05) is 127 Å². The molecule has 0 aliphatic carbocycles. The fourth-order valence-electron chi connectivity index (χ4n) is 9.69. The van der Waals surface area contributed by atoms with Crippen LogP contribution in [0.15, 0.2) is 227 Å². The second kappa shape index (κ2) is 13.6. The normalized spacial score (nSPS) is 11.9. The molecule has 0 unspecified atom stereocenters. The minimum atomic E-state index is 0.892. The zero-order chi connectivity index (χ0) is 40.7. The van der Waals surface area contributed by atoms with Crippen LogP contribution in [0.1, 0.15) is 0 Å². The average molecular weight is 793 g/mol. The summed E-state index contributed by atoms with van der Waals surface area (Å²) < 4.78 is 15.1. The first-order valence-electron chi connectivity index (χ1n) is 21.1. The lowest BCUT2D eigenvalue weighted by molar-refractivity contribution is 0.669. The molecule has 290 valence electrons. The predicted octanol–water partition coefficient (Wildman–Crippen LogP) is 16.5. The van der Waals surface area contributed by atoms with Gasteiger partial charge in [0.15, 0.2) is 0 Å². The highest BCUT2D eigenvalue weighted by atomic mass is 16.3. The molecule has 0 atom stereocenters. The van der Waals surface area contributed by atoms with Crippen LogP contribution in [0.3, 0.4) is 0 Å². The number of anilines is 3. The van der Waals surface area contributed by atoms with Crippen LogP contribution in [0.2, 0.25) is 0 Å². The van der Waals surface area contributed by atoms with Gasteiger partial charge in [0, 0.05) is 60.5 Å². The third-order valence-corrected chi connectivity index (χ3v) is 12.6. The minimum absolute atomic E-state index is 0.892. The first kappa shape index (κ1) is 34.5. The molecular formula is C58H36N2O2. The van der Waals surface area contributed by atoms with Gasteiger partial charge in [-0.15, -0.1) is 0 Å². The van der Waals surface area contributed by atoms with Crippen LogP contribution < -0.4 is 4.90 Å². The van der Waals surface area contributed by atoms with E-state index in [4.69, 9.17) is 8.83 Å². The summed E-state index contributed by atoms with van der Waals surface area (Å²) >= 11 is 0. The third kappa shape index (κ3) is 5.33. The molecule has 0 aliphatic heterocycles. The maximum absolute atomic E-state index is 6.55. The molecule has 10 aromatic carbocycles. The Labute approximate surface area is 356 Å². The van der Waals surface area contributed by atoms with Gasteiger partial charge in [0.05, 0.1) is 11.0 Å². The standard InChI is InChI=1S/C58H36N2O2/c1-2-11-46-38(10-1)24-34-50-57-45(15-9-19-56(57)62-58(46)50)39-22-28-42(29-23-39)59(41-26-20-37(21-27-41)40-25-35-55-51(36-40)49-14-5-8-18-54(49)61-55)43-30-32-44(33-31-43)60-52-16-6-3-12-47(52)48-13-4-7-17-53(48)60/h1-36H. The largest absolute Gasteiger partial charge is 0.456 e. The summed E-state index contributed by atoms with van der Waals surface area (Å²) in [7, 11) is 0. The van der Waals surface area contributed by atoms with Crippen molar-refractivity contribution in [3.05, 3.63) is 218 Å². The Balaban J connectivity index is 0.920. The summed E-state index contributed by atoms with van der Waals surface area (Å²) in [5, 5.41) is 9.32. The summed E-state index contributed by atoms with van der Waals surface area (Å²) in [6.07, 6.45) is 0. The molecule has 0 amide bonds. The van der Waals surface area contributed by atoms with E-state index in [2.05, 4.69) is 216 Å². The van der Waals surface area contributed by atoms with Crippen molar-refractivity contribution >= 4 is 93.5 Å². The third-order valence-electron chi connectivity index (χ3n) is 12.6. The van der Waals surface area contributed by atoms with Gasteiger partial charge in [-0.25, -0.2) is 0 Å². The summed E-state index contributed by atoms with van der Waals surface area (Å²) in [5.74, 6) is 0. The van der Waals surface area contributed by atoms with E-state index in [1.807, 2.05) is 12.1 Å². The van der Waals surface area contributed by atoms with Gasteiger partial charge in [0.25, 0.3) is 0 Å². The molecule has 0 aliphatic rings. The van der Waals surface area contributed by atoms with E-state index < -0.39 is 0 Å². The lowest BCUT2D eigenvalue weighted by Crippen LogP contribution is -2.10. The highest BCUT2D eigenvalue weighted by molar-refractivity contribution is 6.19. The van der Waals surface area contributed by atoms with Crippen molar-refractivity contribution in [2.24, 2.45) is 0 Å². The van der Waals surface area contributed by atoms with E-state index in [9.17, 15) is 0 Å². The van der Waals surface area contributed by atoms with Gasteiger partial charge in [0.2, 0.25) is 0 Å². The zero-order valence-electron chi connectivity index (χ0n) is 33.5. The molecule has 0 radical (unpaired) electrons. The van der Waals surface area contributed by atoms with Crippen molar-refractivity contribution in [1.29, 1.82) is 0 Å². The number of hydrogen-bond donors (Lipinski definition) is 0. The Morgan fingerprint density at radius 2 is 0.903 bits per heavy atom. The molecule has 3 aromatic heterocycles. The quantitative estimate of drug-likeness (QED) is 0.168. The Hall–Kier alpha value is -8.34. The molecule has 4 nitrogen and oxygen atoms in total. The summed E-state index contributed by atoms with van der Waals surface area (Å²) in [4.78, 5) is 2.34. The molecular weight excluding hydrogens is 757 g/mol. The number of nitrogens with zero attached hydrogens (tertiary/aromatic N) is 2. The molecule has 0 saturated carbocycles. The summed E-state index contributed by atoms with van der Waals surface area (Å²) in [5.41, 5.74) is 14.9. The Bertz CT molecular complexity index is 3800. The zero-order valence-corrected chi connectivity index (χ0v) is 33.5. The topological polar surface area (TPSA) is 34.5 Å². The van der Waals surface area contributed by atoms with Crippen LogP contribution in [-0.4, -0.2) is 4.57 Å². The lowest BCUT2D eigenvalue weighted by atomic mass is 9.98. The molecule has 0 bridgehead atoms. The Kier molecular flexibility index (Phi) is 7.57. The SMILES string of the molecule is c1ccc2c(c1)ccc1c2oc2cccc(-c3ccc(N(c4ccc(-c5ccc6oc7ccccc7c6c5)cc4)c4ccc(-n5c6ccccc6c6ccccc65)cc4)cc3)c21. The van der Waals surface area contributed by atoms with Crippen molar-refractivity contribution in [3.8, 4) is 27.9 Å². The molecule has 0 N–H and O–H groups in total. The van der Waals surface area contributed by atoms with Crippen molar-refractivity contribution in [3.63, 3.8) is 0 Å². The second-order valence-electron chi connectivity index (χ2n) is 16.1. The number of hydrogen-bond acceptors (Lipinski definition) is 3. The maximum Gasteiger partial charge on any atom is 0.143 e. The van der Waals surface area contributed by atoms with Crippen molar-refractivity contribution in [2.75, 3.05) is 4.90 Å². The van der Waals surface area contributed by atoms with Gasteiger partial charge in [-0.3, -0.25) is 0 Å². The summed E-state index contributed by atoms with van der Waals surface area (Å²) in [6, 6.07) is 78.0. The first-order valence-corrected chi connectivity index (χ1v) is 21.1. The molecule has 13 aromatic rings. The fraction of sp³-hybridized carbons (Fsp3) is 0. The number of para-hydroxylation sites is 3. The van der Waals surface area contributed by atoms with Crippen LogP contribution >= 0.6 is 0 Å². The van der Waals surface area contributed by atoms with Crippen LogP contribution in [0, 0.1) is 0 Å². The fourth-order valence-corrected chi connectivity index (χ4v) is 9.69. The van der Waals surface area contributed by atoms with E-state index >= 15 is 0 Å². The molecule has 0 spiro atoms. The van der Waals surface area contributed by atoms with Gasteiger partial charge in [0.1, 0.15) is 22.3 Å². The molecule has 0 saturated heterocycles. The van der Waals surface area contributed by atoms with Gasteiger partial charge in [-0.05, 0) is 119 Å². The van der Waals surface area contributed by atoms with E-state index in [-0.39, 0.29) is 0 Å². The maximum atomic E-state index is 6.55. The molecule has 13 rings (SSSR count).